The van der Waals surface area contributed by atoms with Gasteiger partial charge in [-0.2, -0.15) is 0 Å². The molecule has 5 rings (SSSR count). The number of rotatable bonds is 7. The van der Waals surface area contributed by atoms with Crippen molar-refractivity contribution in [2.75, 3.05) is 6.54 Å². The first-order valence-electron chi connectivity index (χ1n) is 13.0. The van der Waals surface area contributed by atoms with E-state index in [-0.39, 0.29) is 24.3 Å². The molecule has 3 aromatic carbocycles. The summed E-state index contributed by atoms with van der Waals surface area (Å²) in [5.41, 5.74) is 7.27. The van der Waals surface area contributed by atoms with E-state index in [1.165, 1.54) is 6.07 Å². The van der Waals surface area contributed by atoms with Crippen LogP contribution < -0.4 is 4.74 Å². The van der Waals surface area contributed by atoms with Crippen molar-refractivity contribution < 1.29 is 19.0 Å². The Bertz CT molecular complexity index is 1500. The molecule has 0 amide bonds. The van der Waals surface area contributed by atoms with Gasteiger partial charge in [-0.3, -0.25) is 9.69 Å². The first kappa shape index (κ1) is 25.9. The van der Waals surface area contributed by atoms with Crippen LogP contribution in [0.1, 0.15) is 59.1 Å². The zero-order chi connectivity index (χ0) is 27.0. The topological polar surface area (TPSA) is 80.5 Å². The molecule has 0 spiro atoms. The molecule has 7 nitrogen and oxygen atoms in total. The summed E-state index contributed by atoms with van der Waals surface area (Å²) in [6, 6.07) is 15.1. The van der Waals surface area contributed by atoms with E-state index in [9.17, 15) is 14.3 Å². The SMILES string of the molecule is CCC1CN(Cc2cc(C(CC(=O)O)c3ccc4c(nnn4C)c3C)ccc2C)Cc2c(F)cccc2O1. The second-order valence-electron chi connectivity index (χ2n) is 10.2. The molecule has 0 saturated carbocycles. The lowest BCUT2D eigenvalue weighted by molar-refractivity contribution is -0.137. The number of hydrogen-bond donors (Lipinski definition) is 1. The highest BCUT2D eigenvalue weighted by molar-refractivity contribution is 5.80. The van der Waals surface area contributed by atoms with Gasteiger partial charge in [-0.25, -0.2) is 9.07 Å². The molecule has 1 N–H and O–H groups in total. The largest absolute Gasteiger partial charge is 0.489 e. The lowest BCUT2D eigenvalue weighted by atomic mass is 9.84. The van der Waals surface area contributed by atoms with Crippen molar-refractivity contribution >= 4 is 17.0 Å². The Balaban J connectivity index is 1.51. The molecule has 1 aromatic heterocycles. The number of aromatic nitrogens is 3. The van der Waals surface area contributed by atoms with Crippen LogP contribution >= 0.6 is 0 Å². The Hall–Kier alpha value is -3.78. The molecule has 2 atom stereocenters. The Kier molecular flexibility index (Phi) is 7.17. The van der Waals surface area contributed by atoms with E-state index in [4.69, 9.17) is 4.74 Å². The predicted molar refractivity (Wildman–Crippen MR) is 144 cm³/mol. The highest BCUT2D eigenvalue weighted by Crippen LogP contribution is 2.35. The number of benzene rings is 3. The van der Waals surface area contributed by atoms with Gasteiger partial charge < -0.3 is 9.84 Å². The average molecular weight is 517 g/mol. The molecule has 198 valence electrons. The van der Waals surface area contributed by atoms with Gasteiger partial charge in [0.2, 0.25) is 0 Å². The van der Waals surface area contributed by atoms with E-state index in [2.05, 4.69) is 41.2 Å². The number of aryl methyl sites for hydroxylation is 3. The summed E-state index contributed by atoms with van der Waals surface area (Å²) < 4.78 is 22.6. The van der Waals surface area contributed by atoms with Crippen LogP contribution in [0.15, 0.2) is 48.5 Å². The fourth-order valence-corrected chi connectivity index (χ4v) is 5.46. The van der Waals surface area contributed by atoms with Crippen LogP contribution in [0.2, 0.25) is 0 Å². The zero-order valence-corrected chi connectivity index (χ0v) is 22.2. The highest BCUT2D eigenvalue weighted by Gasteiger charge is 2.26. The van der Waals surface area contributed by atoms with Gasteiger partial charge in [0.25, 0.3) is 0 Å². The van der Waals surface area contributed by atoms with Gasteiger partial charge in [0.05, 0.1) is 11.9 Å². The minimum Gasteiger partial charge on any atom is -0.489 e. The van der Waals surface area contributed by atoms with E-state index in [0.717, 1.165) is 45.3 Å². The summed E-state index contributed by atoms with van der Waals surface area (Å²) >= 11 is 0. The molecule has 0 radical (unpaired) electrons. The van der Waals surface area contributed by atoms with Gasteiger partial charge in [0.1, 0.15) is 23.2 Å². The van der Waals surface area contributed by atoms with E-state index < -0.39 is 5.97 Å². The van der Waals surface area contributed by atoms with Crippen molar-refractivity contribution in [3.05, 3.63) is 87.7 Å². The first-order valence-corrected chi connectivity index (χ1v) is 13.0. The van der Waals surface area contributed by atoms with Crippen LogP contribution in [0.3, 0.4) is 0 Å². The zero-order valence-electron chi connectivity index (χ0n) is 22.2. The van der Waals surface area contributed by atoms with Gasteiger partial charge in [-0.15, -0.1) is 5.10 Å². The van der Waals surface area contributed by atoms with Crippen LogP contribution in [0.25, 0.3) is 11.0 Å². The number of carboxylic acids is 1. The van der Waals surface area contributed by atoms with E-state index in [1.54, 1.807) is 10.7 Å². The third-order valence-electron chi connectivity index (χ3n) is 7.67. The maximum atomic E-state index is 14.7. The van der Waals surface area contributed by atoms with Crippen LogP contribution in [-0.4, -0.2) is 43.6 Å². The van der Waals surface area contributed by atoms with E-state index in [1.807, 2.05) is 38.2 Å². The predicted octanol–water partition coefficient (Wildman–Crippen LogP) is 5.50. The summed E-state index contributed by atoms with van der Waals surface area (Å²) in [7, 11) is 1.84. The Morgan fingerprint density at radius 2 is 2.03 bits per heavy atom. The molecule has 0 bridgehead atoms. The third kappa shape index (κ3) is 5.00. The molecule has 4 aromatic rings. The normalized spacial score (nSPS) is 16.6. The second kappa shape index (κ2) is 10.5. The smallest absolute Gasteiger partial charge is 0.304 e. The molecular weight excluding hydrogens is 483 g/mol. The Morgan fingerprint density at radius 1 is 1.21 bits per heavy atom. The van der Waals surface area contributed by atoms with Gasteiger partial charge in [0.15, 0.2) is 0 Å². The van der Waals surface area contributed by atoms with Crippen molar-refractivity contribution in [2.24, 2.45) is 7.05 Å². The number of hydrogen-bond acceptors (Lipinski definition) is 5. The molecule has 1 aliphatic heterocycles. The Labute approximate surface area is 221 Å². The van der Waals surface area contributed by atoms with Crippen molar-refractivity contribution in [1.29, 1.82) is 0 Å². The number of aliphatic carboxylic acids is 1. The molecule has 2 unspecified atom stereocenters. The van der Waals surface area contributed by atoms with E-state index >= 15 is 0 Å². The van der Waals surface area contributed by atoms with Crippen molar-refractivity contribution in [2.45, 2.75) is 58.7 Å². The fourth-order valence-electron chi connectivity index (χ4n) is 5.46. The minimum absolute atomic E-state index is 0.0385. The van der Waals surface area contributed by atoms with Crippen molar-refractivity contribution in [3.63, 3.8) is 0 Å². The fraction of sp³-hybridized carbons (Fsp3) is 0.367. The van der Waals surface area contributed by atoms with Gasteiger partial charge >= 0.3 is 5.97 Å². The highest BCUT2D eigenvalue weighted by atomic mass is 19.1. The van der Waals surface area contributed by atoms with Crippen LogP contribution in [0, 0.1) is 19.7 Å². The lowest BCUT2D eigenvalue weighted by Gasteiger charge is -2.25. The molecule has 1 aliphatic rings. The van der Waals surface area contributed by atoms with Gasteiger partial charge in [-0.05, 0) is 66.3 Å². The maximum absolute atomic E-state index is 14.7. The van der Waals surface area contributed by atoms with Gasteiger partial charge in [-0.1, -0.05) is 42.5 Å². The van der Waals surface area contributed by atoms with Crippen LogP contribution in [0.4, 0.5) is 4.39 Å². The van der Waals surface area contributed by atoms with E-state index in [0.29, 0.717) is 30.9 Å². The van der Waals surface area contributed by atoms with Crippen LogP contribution in [-0.2, 0) is 24.9 Å². The number of carboxylic acid groups (broad SMARTS) is 1. The number of carbonyl (C=O) groups is 1. The summed E-state index contributed by atoms with van der Waals surface area (Å²) in [6.45, 7) is 7.84. The quantitative estimate of drug-likeness (QED) is 0.349. The number of fused-ring (bicyclic) bond motifs is 2. The standard InChI is InChI=1S/C30H33FN4O3/c1-5-22-16-35(17-25-26(31)7-6-8-28(25)38-22)15-21-13-20(10-9-18(21)2)24(14-29(36)37)23-11-12-27-30(19(23)3)32-33-34(27)4/h6-13,22,24H,5,14-17H2,1-4H3,(H,36,37). The van der Waals surface area contributed by atoms with Crippen LogP contribution in [0.5, 0.6) is 5.75 Å². The minimum atomic E-state index is -0.863. The number of ether oxygens (including phenoxy) is 1. The molecule has 2 heterocycles. The first-order chi connectivity index (χ1) is 18.2. The number of nitrogens with zero attached hydrogens (tertiary/aromatic N) is 4. The summed E-state index contributed by atoms with van der Waals surface area (Å²) in [5, 5.41) is 18.3. The molecule has 8 heteroatoms. The van der Waals surface area contributed by atoms with Gasteiger partial charge in [0, 0.05) is 38.2 Å². The lowest BCUT2D eigenvalue weighted by Crippen LogP contribution is -2.32. The monoisotopic (exact) mass is 516 g/mol. The molecule has 0 fully saturated rings. The molecule has 0 saturated heterocycles. The molecule has 0 aliphatic carbocycles. The maximum Gasteiger partial charge on any atom is 0.304 e. The summed E-state index contributed by atoms with van der Waals surface area (Å²) in [6.07, 6.45) is 0.738. The van der Waals surface area contributed by atoms with Crippen molar-refractivity contribution in [1.82, 2.24) is 19.9 Å². The number of halogens is 1. The van der Waals surface area contributed by atoms with Crippen molar-refractivity contribution in [3.8, 4) is 5.75 Å². The Morgan fingerprint density at radius 3 is 2.79 bits per heavy atom. The molecular formula is C30H33FN4O3. The average Bonchev–Trinajstić information content (AvgIpc) is 3.16. The summed E-state index contributed by atoms with van der Waals surface area (Å²) in [4.78, 5) is 14.2. The second-order valence-corrected chi connectivity index (χ2v) is 10.2. The third-order valence-corrected chi connectivity index (χ3v) is 7.67. The molecule has 38 heavy (non-hydrogen) atoms. The summed E-state index contributed by atoms with van der Waals surface area (Å²) in [5.74, 6) is -0.849.